The van der Waals surface area contributed by atoms with Crippen molar-refractivity contribution in [1.82, 2.24) is 14.6 Å². The van der Waals surface area contributed by atoms with Crippen molar-refractivity contribution in [2.45, 2.75) is 39.5 Å². The standard InChI is InChI=1S/C18H22N4O2S/c1-3-4-5-6-11-24-15-9-7-14(8-10-15)16(23)19-17-20-18-22(21-17)13(2)12-25-18/h7-10,12H,3-6,11H2,1-2H3,(H,19,21,23). The van der Waals surface area contributed by atoms with Crippen molar-refractivity contribution in [3.05, 3.63) is 40.9 Å². The second-order valence-electron chi connectivity index (χ2n) is 5.89. The Bertz CT molecular complexity index is 839. The number of nitrogens with one attached hydrogen (secondary N) is 1. The molecule has 0 aliphatic rings. The van der Waals surface area contributed by atoms with Crippen LogP contribution < -0.4 is 10.1 Å². The summed E-state index contributed by atoms with van der Waals surface area (Å²) < 4.78 is 7.41. The third-order valence-electron chi connectivity index (χ3n) is 3.85. The van der Waals surface area contributed by atoms with Crippen molar-refractivity contribution >= 4 is 28.2 Å². The first-order valence-electron chi connectivity index (χ1n) is 8.52. The van der Waals surface area contributed by atoms with Gasteiger partial charge in [-0.05, 0) is 37.6 Å². The second-order valence-corrected chi connectivity index (χ2v) is 6.73. The molecule has 3 rings (SSSR count). The Morgan fingerprint density at radius 2 is 2.04 bits per heavy atom. The van der Waals surface area contributed by atoms with E-state index in [1.807, 2.05) is 24.4 Å². The number of fused-ring (bicyclic) bond motifs is 1. The molecule has 0 spiro atoms. The molecule has 132 valence electrons. The Morgan fingerprint density at radius 3 is 2.76 bits per heavy atom. The quantitative estimate of drug-likeness (QED) is 0.609. The zero-order valence-electron chi connectivity index (χ0n) is 14.5. The molecule has 0 atom stereocenters. The van der Waals surface area contributed by atoms with E-state index in [4.69, 9.17) is 4.74 Å². The monoisotopic (exact) mass is 358 g/mol. The Hall–Kier alpha value is -2.41. The number of benzene rings is 1. The van der Waals surface area contributed by atoms with Crippen LogP contribution in [0.2, 0.25) is 0 Å². The van der Waals surface area contributed by atoms with Crippen molar-refractivity contribution in [1.29, 1.82) is 0 Å². The molecule has 0 unspecified atom stereocenters. The van der Waals surface area contributed by atoms with E-state index >= 15 is 0 Å². The van der Waals surface area contributed by atoms with Gasteiger partial charge in [-0.25, -0.2) is 4.52 Å². The number of thiazole rings is 1. The SMILES string of the molecule is CCCCCCOc1ccc(C(=O)Nc2nc3scc(C)n3n2)cc1. The molecule has 0 bridgehead atoms. The molecular weight excluding hydrogens is 336 g/mol. The van der Waals surface area contributed by atoms with Crippen LogP contribution in [-0.4, -0.2) is 27.1 Å². The third-order valence-corrected chi connectivity index (χ3v) is 4.79. The molecule has 7 heteroatoms. The zero-order chi connectivity index (χ0) is 17.6. The summed E-state index contributed by atoms with van der Waals surface area (Å²) in [6.45, 7) is 4.85. The summed E-state index contributed by atoms with van der Waals surface area (Å²) in [5.74, 6) is 0.867. The highest BCUT2D eigenvalue weighted by Crippen LogP contribution is 2.17. The van der Waals surface area contributed by atoms with Gasteiger partial charge in [-0.1, -0.05) is 26.2 Å². The number of nitrogens with zero attached hydrogens (tertiary/aromatic N) is 3. The molecule has 2 heterocycles. The Morgan fingerprint density at radius 1 is 1.24 bits per heavy atom. The first kappa shape index (κ1) is 17.4. The largest absolute Gasteiger partial charge is 0.494 e. The fourth-order valence-electron chi connectivity index (χ4n) is 2.44. The molecule has 2 aromatic heterocycles. The topological polar surface area (TPSA) is 68.5 Å². The van der Waals surface area contributed by atoms with E-state index in [9.17, 15) is 4.79 Å². The Kier molecular flexibility index (Phi) is 5.65. The minimum absolute atomic E-state index is 0.231. The molecule has 0 fully saturated rings. The maximum absolute atomic E-state index is 12.3. The van der Waals surface area contributed by atoms with Crippen molar-refractivity contribution < 1.29 is 9.53 Å². The number of anilines is 1. The Balaban J connectivity index is 1.55. The molecule has 0 aliphatic heterocycles. The van der Waals surface area contributed by atoms with Crippen molar-refractivity contribution in [3.63, 3.8) is 0 Å². The fraction of sp³-hybridized carbons (Fsp3) is 0.389. The molecule has 0 saturated carbocycles. The van der Waals surface area contributed by atoms with Gasteiger partial charge in [-0.3, -0.25) is 10.1 Å². The summed E-state index contributed by atoms with van der Waals surface area (Å²) in [5.41, 5.74) is 1.54. The van der Waals surface area contributed by atoms with Gasteiger partial charge < -0.3 is 4.74 Å². The van der Waals surface area contributed by atoms with E-state index in [2.05, 4.69) is 22.3 Å². The number of hydrogen-bond donors (Lipinski definition) is 1. The van der Waals surface area contributed by atoms with Gasteiger partial charge >= 0.3 is 0 Å². The number of hydrogen-bond acceptors (Lipinski definition) is 5. The molecule has 1 aromatic carbocycles. The van der Waals surface area contributed by atoms with Gasteiger partial charge in [0.1, 0.15) is 5.75 Å². The number of rotatable bonds is 8. The number of carbonyl (C=O) groups is 1. The third kappa shape index (κ3) is 4.36. The van der Waals surface area contributed by atoms with E-state index in [-0.39, 0.29) is 5.91 Å². The van der Waals surface area contributed by atoms with Crippen LogP contribution in [0, 0.1) is 6.92 Å². The van der Waals surface area contributed by atoms with E-state index in [1.165, 1.54) is 30.6 Å². The van der Waals surface area contributed by atoms with Gasteiger partial charge in [-0.15, -0.1) is 16.4 Å². The number of aryl methyl sites for hydroxylation is 1. The minimum atomic E-state index is -0.231. The second kappa shape index (κ2) is 8.11. The molecule has 0 aliphatic carbocycles. The molecule has 3 aromatic rings. The summed E-state index contributed by atoms with van der Waals surface area (Å²) in [7, 11) is 0. The number of ether oxygens (including phenoxy) is 1. The summed E-state index contributed by atoms with van der Waals surface area (Å²) >= 11 is 1.49. The molecule has 1 N–H and O–H groups in total. The lowest BCUT2D eigenvalue weighted by Gasteiger charge is -2.07. The van der Waals surface area contributed by atoms with Crippen molar-refractivity contribution in [2.75, 3.05) is 11.9 Å². The van der Waals surface area contributed by atoms with Crippen molar-refractivity contribution in [2.24, 2.45) is 0 Å². The first-order chi connectivity index (χ1) is 12.2. The van der Waals surface area contributed by atoms with Crippen LogP contribution in [0.25, 0.3) is 4.96 Å². The summed E-state index contributed by atoms with van der Waals surface area (Å²) in [4.78, 5) is 17.4. The first-order valence-corrected chi connectivity index (χ1v) is 9.40. The predicted molar refractivity (Wildman–Crippen MR) is 99.6 cm³/mol. The molecular formula is C18H22N4O2S. The van der Waals surface area contributed by atoms with Gasteiger partial charge in [-0.2, -0.15) is 4.98 Å². The lowest BCUT2D eigenvalue weighted by atomic mass is 10.2. The van der Waals surface area contributed by atoms with Crippen LogP contribution in [0.4, 0.5) is 5.95 Å². The van der Waals surface area contributed by atoms with Gasteiger partial charge in [0.15, 0.2) is 0 Å². The van der Waals surface area contributed by atoms with E-state index in [0.717, 1.165) is 22.8 Å². The minimum Gasteiger partial charge on any atom is -0.494 e. The molecule has 0 saturated heterocycles. The van der Waals surface area contributed by atoms with Crippen LogP contribution in [-0.2, 0) is 0 Å². The van der Waals surface area contributed by atoms with E-state index in [0.29, 0.717) is 18.1 Å². The molecule has 1 amide bonds. The van der Waals surface area contributed by atoms with Crippen LogP contribution in [0.5, 0.6) is 5.75 Å². The molecule has 6 nitrogen and oxygen atoms in total. The maximum atomic E-state index is 12.3. The van der Waals surface area contributed by atoms with E-state index < -0.39 is 0 Å². The maximum Gasteiger partial charge on any atom is 0.258 e. The average molecular weight is 358 g/mol. The lowest BCUT2D eigenvalue weighted by molar-refractivity contribution is 0.102. The molecule has 25 heavy (non-hydrogen) atoms. The van der Waals surface area contributed by atoms with Crippen LogP contribution in [0.1, 0.15) is 48.7 Å². The highest BCUT2D eigenvalue weighted by atomic mass is 32.1. The summed E-state index contributed by atoms with van der Waals surface area (Å²) in [6, 6.07) is 7.14. The van der Waals surface area contributed by atoms with Gasteiger partial charge in [0.05, 0.1) is 12.3 Å². The fourth-order valence-corrected chi connectivity index (χ4v) is 3.24. The number of carbonyl (C=O) groups excluding carboxylic acids is 1. The smallest absolute Gasteiger partial charge is 0.258 e. The summed E-state index contributed by atoms with van der Waals surface area (Å²) in [6.07, 6.45) is 4.69. The predicted octanol–water partition coefficient (Wildman–Crippen LogP) is 4.31. The average Bonchev–Trinajstić information content (AvgIpc) is 3.17. The lowest BCUT2D eigenvalue weighted by Crippen LogP contribution is -2.13. The van der Waals surface area contributed by atoms with Crippen LogP contribution in [0.15, 0.2) is 29.6 Å². The Labute approximate surface area is 150 Å². The number of amides is 1. The highest BCUT2D eigenvalue weighted by Gasteiger charge is 2.12. The number of aromatic nitrogens is 3. The van der Waals surface area contributed by atoms with Crippen LogP contribution >= 0.6 is 11.3 Å². The highest BCUT2D eigenvalue weighted by molar-refractivity contribution is 7.15. The van der Waals surface area contributed by atoms with E-state index in [1.54, 1.807) is 16.6 Å². The summed E-state index contributed by atoms with van der Waals surface area (Å²) in [5, 5.41) is 8.98. The van der Waals surface area contributed by atoms with Gasteiger partial charge in [0.2, 0.25) is 4.96 Å². The van der Waals surface area contributed by atoms with Gasteiger partial charge in [0.25, 0.3) is 11.9 Å². The van der Waals surface area contributed by atoms with Crippen molar-refractivity contribution in [3.8, 4) is 5.75 Å². The normalized spacial score (nSPS) is 11.0. The van der Waals surface area contributed by atoms with Crippen LogP contribution in [0.3, 0.4) is 0 Å². The molecule has 0 radical (unpaired) electrons. The van der Waals surface area contributed by atoms with Gasteiger partial charge in [0, 0.05) is 10.9 Å². The number of unbranched alkanes of at least 4 members (excludes halogenated alkanes) is 3. The zero-order valence-corrected chi connectivity index (χ0v) is 15.3.